The number of methoxy groups -OCH3 is 2. The molecule has 0 N–H and O–H groups in total. The second kappa shape index (κ2) is 8.31. The highest BCUT2D eigenvalue weighted by Gasteiger charge is 2.25. The van der Waals surface area contributed by atoms with E-state index in [2.05, 4.69) is 0 Å². The van der Waals surface area contributed by atoms with Crippen LogP contribution in [0.2, 0.25) is 0 Å². The van der Waals surface area contributed by atoms with Gasteiger partial charge in [0.25, 0.3) is 10.0 Å². The van der Waals surface area contributed by atoms with Gasteiger partial charge >= 0.3 is 0 Å². The molecule has 0 fully saturated rings. The summed E-state index contributed by atoms with van der Waals surface area (Å²) in [5.41, 5.74) is 0.939. The number of rotatable bonds is 7. The fraction of sp³-hybridized carbons (Fsp3) is 0.143. The average Bonchev–Trinajstić information content (AvgIpc) is 2.73. The lowest BCUT2D eigenvalue weighted by Crippen LogP contribution is -2.30. The summed E-state index contributed by atoms with van der Waals surface area (Å²) in [6.45, 7) is -0.0372. The summed E-state index contributed by atoms with van der Waals surface area (Å²) in [6.07, 6.45) is 0. The lowest BCUT2D eigenvalue weighted by Gasteiger charge is -2.25. The zero-order chi connectivity index (χ0) is 20.1. The normalized spacial score (nSPS) is 11.1. The van der Waals surface area contributed by atoms with E-state index in [9.17, 15) is 12.8 Å². The molecule has 0 aliphatic carbocycles. The van der Waals surface area contributed by atoms with Crippen LogP contribution < -0.4 is 13.8 Å². The highest BCUT2D eigenvalue weighted by Crippen LogP contribution is 2.28. The van der Waals surface area contributed by atoms with Crippen molar-refractivity contribution in [3.8, 4) is 11.5 Å². The minimum Gasteiger partial charge on any atom is -0.497 e. The predicted molar refractivity (Wildman–Crippen MR) is 106 cm³/mol. The molecule has 3 aromatic rings. The van der Waals surface area contributed by atoms with Gasteiger partial charge in [0.2, 0.25) is 0 Å². The molecule has 0 heterocycles. The Balaban J connectivity index is 2.05. The Morgan fingerprint density at radius 1 is 0.893 bits per heavy atom. The topological polar surface area (TPSA) is 55.8 Å². The van der Waals surface area contributed by atoms with Gasteiger partial charge in [0.15, 0.2) is 11.6 Å². The smallest absolute Gasteiger partial charge is 0.264 e. The zero-order valence-electron chi connectivity index (χ0n) is 15.5. The van der Waals surface area contributed by atoms with Crippen LogP contribution in [0.4, 0.5) is 10.1 Å². The third kappa shape index (κ3) is 4.09. The Morgan fingerprint density at radius 2 is 1.57 bits per heavy atom. The van der Waals surface area contributed by atoms with Gasteiger partial charge in [-0.25, -0.2) is 12.8 Å². The summed E-state index contributed by atoms with van der Waals surface area (Å²) in [5, 5.41) is 0. The molecular formula is C21H20FNO4S. The van der Waals surface area contributed by atoms with Gasteiger partial charge in [0.1, 0.15) is 5.75 Å². The molecule has 28 heavy (non-hydrogen) atoms. The van der Waals surface area contributed by atoms with Gasteiger partial charge in [0.05, 0.1) is 31.3 Å². The average molecular weight is 401 g/mol. The molecule has 0 radical (unpaired) electrons. The second-order valence-corrected chi connectivity index (χ2v) is 7.85. The Bertz CT molecular complexity index is 1040. The van der Waals surface area contributed by atoms with E-state index in [1.165, 1.54) is 42.8 Å². The number of hydrogen-bond donors (Lipinski definition) is 0. The molecule has 0 bridgehead atoms. The molecule has 0 aliphatic heterocycles. The fourth-order valence-electron chi connectivity index (χ4n) is 2.76. The number of halogens is 1. The van der Waals surface area contributed by atoms with Crippen LogP contribution in [-0.4, -0.2) is 22.6 Å². The van der Waals surface area contributed by atoms with Crippen molar-refractivity contribution in [3.63, 3.8) is 0 Å². The lowest BCUT2D eigenvalue weighted by atomic mass is 10.2. The third-order valence-corrected chi connectivity index (χ3v) is 6.02. The van der Waals surface area contributed by atoms with Gasteiger partial charge in [-0.05, 0) is 54.1 Å². The Morgan fingerprint density at radius 3 is 2.14 bits per heavy atom. The van der Waals surface area contributed by atoms with Crippen LogP contribution in [0.15, 0.2) is 77.7 Å². The largest absolute Gasteiger partial charge is 0.497 e. The first-order valence-corrected chi connectivity index (χ1v) is 9.94. The first-order valence-electron chi connectivity index (χ1n) is 8.50. The molecule has 0 saturated carbocycles. The van der Waals surface area contributed by atoms with E-state index in [0.29, 0.717) is 17.0 Å². The monoisotopic (exact) mass is 401 g/mol. The van der Waals surface area contributed by atoms with E-state index in [-0.39, 0.29) is 17.2 Å². The molecule has 0 aliphatic rings. The number of benzene rings is 3. The Kier molecular flexibility index (Phi) is 5.84. The Hall–Kier alpha value is -3.06. The zero-order valence-corrected chi connectivity index (χ0v) is 16.3. The number of nitrogens with zero attached hydrogens (tertiary/aromatic N) is 1. The van der Waals surface area contributed by atoms with Crippen molar-refractivity contribution >= 4 is 15.7 Å². The second-order valence-electron chi connectivity index (χ2n) is 5.99. The highest BCUT2D eigenvalue weighted by molar-refractivity contribution is 7.92. The number of sulfonamides is 1. The van der Waals surface area contributed by atoms with E-state index < -0.39 is 15.8 Å². The van der Waals surface area contributed by atoms with Crippen molar-refractivity contribution in [3.05, 3.63) is 84.2 Å². The summed E-state index contributed by atoms with van der Waals surface area (Å²) in [4.78, 5) is 0.153. The van der Waals surface area contributed by atoms with Crippen LogP contribution >= 0.6 is 0 Å². The third-order valence-electron chi connectivity index (χ3n) is 4.23. The molecule has 0 atom stereocenters. The van der Waals surface area contributed by atoms with E-state index in [4.69, 9.17) is 9.47 Å². The maximum atomic E-state index is 14.1. The maximum Gasteiger partial charge on any atom is 0.264 e. The summed E-state index contributed by atoms with van der Waals surface area (Å²) in [7, 11) is -0.950. The van der Waals surface area contributed by atoms with Crippen LogP contribution in [-0.2, 0) is 16.6 Å². The van der Waals surface area contributed by atoms with Crippen molar-refractivity contribution in [1.82, 2.24) is 0 Å². The van der Waals surface area contributed by atoms with Crippen molar-refractivity contribution in [1.29, 1.82) is 0 Å². The van der Waals surface area contributed by atoms with Crippen molar-refractivity contribution in [2.45, 2.75) is 11.4 Å². The van der Waals surface area contributed by atoms with Gasteiger partial charge in [0, 0.05) is 0 Å². The summed E-state index contributed by atoms with van der Waals surface area (Å²) >= 11 is 0. The van der Waals surface area contributed by atoms with E-state index in [0.717, 1.165) is 0 Å². The summed E-state index contributed by atoms with van der Waals surface area (Å²) in [5.74, 6) is 0.161. The van der Waals surface area contributed by atoms with E-state index in [1.807, 2.05) is 0 Å². The molecule has 0 spiro atoms. The molecule has 7 heteroatoms. The van der Waals surface area contributed by atoms with Gasteiger partial charge in [-0.3, -0.25) is 4.31 Å². The minimum atomic E-state index is -3.86. The standard InChI is InChI=1S/C21H20FNO4S/c1-26-18-11-9-17(10-12-18)23(28(24,25)19-6-4-3-5-7-19)15-16-8-13-21(27-2)20(22)14-16/h3-14H,15H2,1-2H3. The van der Waals surface area contributed by atoms with E-state index in [1.54, 1.807) is 48.5 Å². The molecular weight excluding hydrogens is 381 g/mol. The SMILES string of the molecule is COc1ccc(N(Cc2ccc(OC)c(F)c2)S(=O)(=O)c2ccccc2)cc1. The number of anilines is 1. The molecule has 5 nitrogen and oxygen atoms in total. The fourth-order valence-corrected chi connectivity index (χ4v) is 4.23. The molecule has 3 rings (SSSR count). The van der Waals surface area contributed by atoms with Gasteiger partial charge in [-0.15, -0.1) is 0 Å². The first-order chi connectivity index (χ1) is 13.5. The molecule has 0 aromatic heterocycles. The van der Waals surface area contributed by atoms with Crippen LogP contribution in [0.1, 0.15) is 5.56 Å². The van der Waals surface area contributed by atoms with Crippen molar-refractivity contribution < 1.29 is 22.3 Å². The van der Waals surface area contributed by atoms with Crippen LogP contribution in [0.3, 0.4) is 0 Å². The number of ether oxygens (including phenoxy) is 2. The van der Waals surface area contributed by atoms with Crippen molar-refractivity contribution in [2.24, 2.45) is 0 Å². The van der Waals surface area contributed by atoms with Crippen LogP contribution in [0.5, 0.6) is 11.5 Å². The quantitative estimate of drug-likeness (QED) is 0.594. The van der Waals surface area contributed by atoms with Gasteiger partial charge in [-0.2, -0.15) is 0 Å². The molecule has 146 valence electrons. The van der Waals surface area contributed by atoms with Gasteiger partial charge < -0.3 is 9.47 Å². The molecule has 0 saturated heterocycles. The minimum absolute atomic E-state index is 0.0372. The Labute approximate surface area is 164 Å². The first kappa shape index (κ1) is 19.7. The molecule has 0 amide bonds. The van der Waals surface area contributed by atoms with Crippen LogP contribution in [0, 0.1) is 5.82 Å². The lowest BCUT2D eigenvalue weighted by molar-refractivity contribution is 0.386. The van der Waals surface area contributed by atoms with Crippen molar-refractivity contribution in [2.75, 3.05) is 18.5 Å². The maximum absolute atomic E-state index is 14.1. The summed E-state index contributed by atoms with van der Waals surface area (Å²) < 4.78 is 52.0. The molecule has 0 unspecified atom stereocenters. The van der Waals surface area contributed by atoms with Gasteiger partial charge in [-0.1, -0.05) is 24.3 Å². The van der Waals surface area contributed by atoms with Crippen LogP contribution in [0.25, 0.3) is 0 Å². The highest BCUT2D eigenvalue weighted by atomic mass is 32.2. The van der Waals surface area contributed by atoms with E-state index >= 15 is 0 Å². The number of hydrogen-bond acceptors (Lipinski definition) is 4. The summed E-state index contributed by atoms with van der Waals surface area (Å²) in [6, 6.07) is 19.2. The predicted octanol–water partition coefficient (Wildman–Crippen LogP) is 4.24. The molecule has 3 aromatic carbocycles.